The Morgan fingerprint density at radius 1 is 1.69 bits per heavy atom. The number of carbonyl (C=O) groups is 1. The van der Waals surface area contributed by atoms with Crippen LogP contribution >= 0.6 is 11.3 Å². The molecule has 1 saturated heterocycles. The van der Waals surface area contributed by atoms with Gasteiger partial charge in [-0.25, -0.2) is 0 Å². The largest absolute Gasteiger partial charge is 0.381 e. The molecule has 0 aromatic carbocycles. The summed E-state index contributed by atoms with van der Waals surface area (Å²) >= 11 is 1.64. The first-order valence-electron chi connectivity index (χ1n) is 5.58. The van der Waals surface area contributed by atoms with Crippen molar-refractivity contribution in [1.29, 1.82) is 0 Å². The molecule has 1 aromatic heterocycles. The second-order valence-electron chi connectivity index (χ2n) is 4.31. The summed E-state index contributed by atoms with van der Waals surface area (Å²) in [5, 5.41) is 4.04. The van der Waals surface area contributed by atoms with E-state index in [1.54, 1.807) is 11.3 Å². The Bertz CT molecular complexity index is 331. The zero-order chi connectivity index (χ0) is 11.4. The Balaban J connectivity index is 1.79. The number of likely N-dealkylation sites (N-methyl/N-ethyl adjacent to an activating group) is 1. The highest BCUT2D eigenvalue weighted by molar-refractivity contribution is 7.07. The van der Waals surface area contributed by atoms with E-state index in [0.29, 0.717) is 12.3 Å². The number of carbonyl (C=O) groups excluding carboxylic acids is 1. The molecule has 3 nitrogen and oxygen atoms in total. The van der Waals surface area contributed by atoms with E-state index >= 15 is 0 Å². The Morgan fingerprint density at radius 3 is 3.19 bits per heavy atom. The molecule has 0 bridgehead atoms. The van der Waals surface area contributed by atoms with Crippen molar-refractivity contribution in [2.24, 2.45) is 5.92 Å². The predicted octanol–water partition coefficient (Wildman–Crippen LogP) is 1.79. The fourth-order valence-corrected chi connectivity index (χ4v) is 2.59. The van der Waals surface area contributed by atoms with Gasteiger partial charge in [0.15, 0.2) is 0 Å². The van der Waals surface area contributed by atoms with Crippen molar-refractivity contribution in [3.63, 3.8) is 0 Å². The van der Waals surface area contributed by atoms with Crippen LogP contribution in [0.2, 0.25) is 0 Å². The number of thiophene rings is 1. The standard InChI is InChI=1S/C12H17NO2S/c1-13(7-11-2-4-15-8-11)12(14)6-10-3-5-16-9-10/h3,5,9,11H,2,4,6-8H2,1H3. The summed E-state index contributed by atoms with van der Waals surface area (Å²) in [6, 6.07) is 2.01. The zero-order valence-corrected chi connectivity index (χ0v) is 10.3. The molecule has 2 heterocycles. The monoisotopic (exact) mass is 239 g/mol. The van der Waals surface area contributed by atoms with E-state index in [4.69, 9.17) is 4.74 Å². The summed E-state index contributed by atoms with van der Waals surface area (Å²) in [6.45, 7) is 2.47. The van der Waals surface area contributed by atoms with E-state index in [-0.39, 0.29) is 5.91 Å². The van der Waals surface area contributed by atoms with Gasteiger partial charge < -0.3 is 9.64 Å². The molecule has 1 atom stereocenters. The summed E-state index contributed by atoms with van der Waals surface area (Å²) in [4.78, 5) is 13.7. The summed E-state index contributed by atoms with van der Waals surface area (Å²) in [5.41, 5.74) is 1.12. The van der Waals surface area contributed by atoms with Gasteiger partial charge in [0, 0.05) is 26.1 Å². The lowest BCUT2D eigenvalue weighted by Crippen LogP contribution is -2.33. The first kappa shape index (κ1) is 11.6. The number of amides is 1. The van der Waals surface area contributed by atoms with Crippen LogP contribution < -0.4 is 0 Å². The Morgan fingerprint density at radius 2 is 2.56 bits per heavy atom. The molecule has 0 saturated carbocycles. The van der Waals surface area contributed by atoms with Crippen molar-refractivity contribution in [3.8, 4) is 0 Å². The molecule has 1 unspecified atom stereocenters. The first-order valence-corrected chi connectivity index (χ1v) is 6.53. The van der Waals surface area contributed by atoms with Gasteiger partial charge in [0.1, 0.15) is 0 Å². The molecule has 1 aliphatic heterocycles. The van der Waals surface area contributed by atoms with Crippen molar-refractivity contribution in [3.05, 3.63) is 22.4 Å². The van der Waals surface area contributed by atoms with Gasteiger partial charge in [-0.2, -0.15) is 11.3 Å². The smallest absolute Gasteiger partial charge is 0.226 e. The molecule has 1 aromatic rings. The summed E-state index contributed by atoms with van der Waals surface area (Å²) in [5.74, 6) is 0.724. The van der Waals surface area contributed by atoms with E-state index in [9.17, 15) is 4.79 Å². The quantitative estimate of drug-likeness (QED) is 0.801. The summed E-state index contributed by atoms with van der Waals surface area (Å²) in [6.07, 6.45) is 1.60. The predicted molar refractivity (Wildman–Crippen MR) is 64.6 cm³/mol. The summed E-state index contributed by atoms with van der Waals surface area (Å²) < 4.78 is 5.31. The molecule has 2 rings (SSSR count). The lowest BCUT2D eigenvalue weighted by molar-refractivity contribution is -0.129. The number of nitrogens with zero attached hydrogens (tertiary/aromatic N) is 1. The molecule has 0 aliphatic carbocycles. The number of hydrogen-bond acceptors (Lipinski definition) is 3. The van der Waals surface area contributed by atoms with Crippen LogP contribution in [-0.2, 0) is 16.0 Å². The SMILES string of the molecule is CN(CC1CCOC1)C(=O)Cc1ccsc1. The third-order valence-electron chi connectivity index (χ3n) is 2.92. The van der Waals surface area contributed by atoms with Gasteiger partial charge >= 0.3 is 0 Å². The first-order chi connectivity index (χ1) is 7.75. The number of rotatable bonds is 4. The van der Waals surface area contributed by atoms with Crippen LogP contribution in [0.5, 0.6) is 0 Å². The van der Waals surface area contributed by atoms with Gasteiger partial charge in [0.05, 0.1) is 13.0 Å². The fraction of sp³-hybridized carbons (Fsp3) is 0.583. The van der Waals surface area contributed by atoms with Gasteiger partial charge in [-0.15, -0.1) is 0 Å². The molecule has 0 N–H and O–H groups in total. The van der Waals surface area contributed by atoms with E-state index in [1.807, 2.05) is 28.8 Å². The van der Waals surface area contributed by atoms with Gasteiger partial charge in [-0.05, 0) is 28.8 Å². The van der Waals surface area contributed by atoms with Crippen molar-refractivity contribution in [1.82, 2.24) is 4.90 Å². The highest BCUT2D eigenvalue weighted by Gasteiger charge is 2.20. The minimum atomic E-state index is 0.199. The number of ether oxygens (including phenoxy) is 1. The van der Waals surface area contributed by atoms with Gasteiger partial charge in [0.2, 0.25) is 5.91 Å². The van der Waals surface area contributed by atoms with Crippen LogP contribution in [0.4, 0.5) is 0 Å². The van der Waals surface area contributed by atoms with E-state index < -0.39 is 0 Å². The molecule has 4 heteroatoms. The average molecular weight is 239 g/mol. The molecule has 0 radical (unpaired) electrons. The molecular weight excluding hydrogens is 222 g/mol. The lowest BCUT2D eigenvalue weighted by Gasteiger charge is -2.20. The maximum Gasteiger partial charge on any atom is 0.226 e. The molecule has 88 valence electrons. The maximum absolute atomic E-state index is 11.9. The van der Waals surface area contributed by atoms with Crippen LogP contribution in [0.3, 0.4) is 0 Å². The Hall–Kier alpha value is -0.870. The van der Waals surface area contributed by atoms with E-state index in [2.05, 4.69) is 0 Å². The van der Waals surface area contributed by atoms with Crippen LogP contribution in [0.25, 0.3) is 0 Å². The molecule has 1 aliphatic rings. The van der Waals surface area contributed by atoms with E-state index in [1.165, 1.54) is 0 Å². The second-order valence-corrected chi connectivity index (χ2v) is 5.09. The van der Waals surface area contributed by atoms with E-state index in [0.717, 1.165) is 31.7 Å². The minimum absolute atomic E-state index is 0.199. The second kappa shape index (κ2) is 5.46. The van der Waals surface area contributed by atoms with Crippen molar-refractivity contribution < 1.29 is 9.53 Å². The highest BCUT2D eigenvalue weighted by Crippen LogP contribution is 2.14. The Kier molecular flexibility index (Phi) is 3.96. The molecule has 0 spiro atoms. The van der Waals surface area contributed by atoms with Crippen molar-refractivity contribution >= 4 is 17.2 Å². The van der Waals surface area contributed by atoms with Crippen LogP contribution in [0.15, 0.2) is 16.8 Å². The fourth-order valence-electron chi connectivity index (χ4n) is 1.92. The third-order valence-corrected chi connectivity index (χ3v) is 3.65. The van der Waals surface area contributed by atoms with Crippen LogP contribution in [-0.4, -0.2) is 37.6 Å². The minimum Gasteiger partial charge on any atom is -0.381 e. The van der Waals surface area contributed by atoms with Gasteiger partial charge in [0.25, 0.3) is 0 Å². The summed E-state index contributed by atoms with van der Waals surface area (Å²) in [7, 11) is 1.88. The highest BCUT2D eigenvalue weighted by atomic mass is 32.1. The maximum atomic E-state index is 11.9. The molecule has 16 heavy (non-hydrogen) atoms. The normalized spacial score (nSPS) is 19.9. The van der Waals surface area contributed by atoms with Gasteiger partial charge in [-0.1, -0.05) is 0 Å². The molecular formula is C12H17NO2S. The molecule has 1 fully saturated rings. The average Bonchev–Trinajstić information content (AvgIpc) is 2.90. The van der Waals surface area contributed by atoms with Gasteiger partial charge in [-0.3, -0.25) is 4.79 Å². The number of hydrogen-bond donors (Lipinski definition) is 0. The van der Waals surface area contributed by atoms with Crippen LogP contribution in [0.1, 0.15) is 12.0 Å². The Labute approximate surface area is 100 Å². The molecule has 1 amide bonds. The van der Waals surface area contributed by atoms with Crippen molar-refractivity contribution in [2.75, 3.05) is 26.8 Å². The lowest BCUT2D eigenvalue weighted by atomic mass is 10.1. The van der Waals surface area contributed by atoms with Crippen molar-refractivity contribution in [2.45, 2.75) is 12.8 Å². The zero-order valence-electron chi connectivity index (χ0n) is 9.52. The van der Waals surface area contributed by atoms with Crippen LogP contribution in [0, 0.1) is 5.92 Å². The topological polar surface area (TPSA) is 29.5 Å². The third kappa shape index (κ3) is 3.06.